The molecule has 0 spiro atoms. The zero-order valence-electron chi connectivity index (χ0n) is 11.2. The third-order valence-electron chi connectivity index (χ3n) is 4.51. The summed E-state index contributed by atoms with van der Waals surface area (Å²) in [5.74, 6) is 1.78. The number of aromatic nitrogens is 2. The summed E-state index contributed by atoms with van der Waals surface area (Å²) < 4.78 is 4.52. The summed E-state index contributed by atoms with van der Waals surface area (Å²) in [7, 11) is 0. The molecule has 1 atom stereocenters. The van der Waals surface area contributed by atoms with Crippen LogP contribution in [-0.2, 0) is 0 Å². The van der Waals surface area contributed by atoms with Crippen molar-refractivity contribution in [3.05, 3.63) is 5.82 Å². The Hall–Kier alpha value is -0.720. The minimum atomic E-state index is 0.677. The minimum Gasteiger partial charge on any atom is -0.344 e. The highest BCUT2D eigenvalue weighted by atomic mass is 32.1. The molecule has 1 aromatic heterocycles. The van der Waals surface area contributed by atoms with E-state index in [0.29, 0.717) is 5.92 Å². The van der Waals surface area contributed by atoms with Crippen LogP contribution in [0.4, 0.5) is 5.13 Å². The van der Waals surface area contributed by atoms with Gasteiger partial charge in [-0.15, -0.1) is 0 Å². The molecule has 1 saturated carbocycles. The van der Waals surface area contributed by atoms with Gasteiger partial charge in [0.1, 0.15) is 5.82 Å². The van der Waals surface area contributed by atoms with Crippen LogP contribution in [0.5, 0.6) is 0 Å². The van der Waals surface area contributed by atoms with Crippen LogP contribution in [0, 0.1) is 0 Å². The summed E-state index contributed by atoms with van der Waals surface area (Å²) >= 11 is 1.59. The highest BCUT2D eigenvalue weighted by molar-refractivity contribution is 7.09. The summed E-state index contributed by atoms with van der Waals surface area (Å²) in [6.45, 7) is 6.91. The van der Waals surface area contributed by atoms with Crippen LogP contribution in [0.3, 0.4) is 0 Å². The fourth-order valence-corrected chi connectivity index (χ4v) is 3.89. The number of anilines is 1. The Balaban J connectivity index is 1.36. The fourth-order valence-electron chi connectivity index (χ4n) is 3.09. The molecule has 4 rings (SSSR count). The third kappa shape index (κ3) is 2.49. The summed E-state index contributed by atoms with van der Waals surface area (Å²) in [5.41, 5.74) is 0. The average molecular weight is 279 g/mol. The van der Waals surface area contributed by atoms with Gasteiger partial charge in [0.05, 0.1) is 0 Å². The van der Waals surface area contributed by atoms with E-state index >= 15 is 0 Å². The molecule has 1 N–H and O–H groups in total. The maximum Gasteiger partial charge on any atom is 0.205 e. The summed E-state index contributed by atoms with van der Waals surface area (Å²) in [4.78, 5) is 9.78. The first-order chi connectivity index (χ1) is 9.40. The lowest BCUT2D eigenvalue weighted by Gasteiger charge is -2.37. The molecule has 104 valence electrons. The predicted molar refractivity (Wildman–Crippen MR) is 76.9 cm³/mol. The van der Waals surface area contributed by atoms with Crippen LogP contribution in [0.2, 0.25) is 0 Å². The van der Waals surface area contributed by atoms with Crippen LogP contribution in [0.25, 0.3) is 0 Å². The number of hydrogen-bond donors (Lipinski definition) is 1. The maximum atomic E-state index is 4.72. The lowest BCUT2D eigenvalue weighted by molar-refractivity contribution is 0.196. The number of nitrogens with zero attached hydrogens (tertiary/aromatic N) is 4. The van der Waals surface area contributed by atoms with Crippen molar-refractivity contribution in [2.45, 2.75) is 31.2 Å². The monoisotopic (exact) mass is 279 g/mol. The van der Waals surface area contributed by atoms with Crippen molar-refractivity contribution >= 4 is 16.7 Å². The largest absolute Gasteiger partial charge is 0.344 e. The van der Waals surface area contributed by atoms with E-state index in [-0.39, 0.29) is 0 Å². The predicted octanol–water partition coefficient (Wildman–Crippen LogP) is 0.899. The Morgan fingerprint density at radius 3 is 2.63 bits per heavy atom. The molecule has 5 nitrogen and oxygen atoms in total. The highest BCUT2D eigenvalue weighted by Gasteiger charge is 2.30. The van der Waals surface area contributed by atoms with Crippen molar-refractivity contribution in [3.63, 3.8) is 0 Å². The van der Waals surface area contributed by atoms with Crippen molar-refractivity contribution in [2.75, 3.05) is 44.2 Å². The van der Waals surface area contributed by atoms with Crippen molar-refractivity contribution in [1.29, 1.82) is 0 Å². The molecular weight excluding hydrogens is 258 g/mol. The quantitative estimate of drug-likeness (QED) is 0.890. The minimum absolute atomic E-state index is 0.677. The smallest absolute Gasteiger partial charge is 0.205 e. The second kappa shape index (κ2) is 5.00. The molecule has 1 aliphatic carbocycles. The first-order valence-corrected chi connectivity index (χ1v) is 8.21. The van der Waals surface area contributed by atoms with Gasteiger partial charge in [0.25, 0.3) is 0 Å². The molecule has 2 saturated heterocycles. The van der Waals surface area contributed by atoms with E-state index in [1.54, 1.807) is 11.5 Å². The zero-order valence-corrected chi connectivity index (χ0v) is 12.0. The van der Waals surface area contributed by atoms with E-state index < -0.39 is 0 Å². The summed E-state index contributed by atoms with van der Waals surface area (Å²) in [5, 5.41) is 4.60. The molecule has 0 aromatic carbocycles. The molecule has 0 unspecified atom stereocenters. The van der Waals surface area contributed by atoms with Gasteiger partial charge >= 0.3 is 0 Å². The maximum absolute atomic E-state index is 4.72. The van der Waals surface area contributed by atoms with Gasteiger partial charge < -0.3 is 10.2 Å². The number of nitrogens with one attached hydrogen (secondary N) is 1. The van der Waals surface area contributed by atoms with Crippen molar-refractivity contribution in [2.24, 2.45) is 0 Å². The van der Waals surface area contributed by atoms with Gasteiger partial charge in [-0.1, -0.05) is 0 Å². The SMILES string of the molecule is C1C[C@@H](N2CCN(c3nc(C4CC4)ns3)CC2)CN1. The molecule has 3 heterocycles. The summed E-state index contributed by atoms with van der Waals surface area (Å²) in [6, 6.07) is 0.763. The van der Waals surface area contributed by atoms with Gasteiger partial charge in [-0.3, -0.25) is 4.90 Å². The highest BCUT2D eigenvalue weighted by Crippen LogP contribution is 2.39. The molecule has 0 bridgehead atoms. The van der Waals surface area contributed by atoms with E-state index in [0.717, 1.165) is 30.1 Å². The average Bonchev–Trinajstić information content (AvgIpc) is 2.97. The first kappa shape index (κ1) is 12.1. The van der Waals surface area contributed by atoms with E-state index in [1.807, 2.05) is 0 Å². The van der Waals surface area contributed by atoms with Crippen LogP contribution in [0.15, 0.2) is 0 Å². The molecular formula is C13H21N5S. The standard InChI is InChI=1S/C13H21N5S/c1-2-10(1)12-15-13(19-16-12)18-7-5-17(6-8-18)11-3-4-14-9-11/h10-11,14H,1-9H2/t11-/m1/s1. The second-order valence-corrected chi connectivity index (χ2v) is 6.61. The molecule has 2 aliphatic heterocycles. The van der Waals surface area contributed by atoms with E-state index in [9.17, 15) is 0 Å². The van der Waals surface area contributed by atoms with Crippen LogP contribution in [0.1, 0.15) is 31.0 Å². The molecule has 0 radical (unpaired) electrons. The zero-order chi connectivity index (χ0) is 12.7. The topological polar surface area (TPSA) is 44.3 Å². The van der Waals surface area contributed by atoms with Crippen molar-refractivity contribution < 1.29 is 0 Å². The van der Waals surface area contributed by atoms with E-state index in [4.69, 9.17) is 4.98 Å². The van der Waals surface area contributed by atoms with E-state index in [1.165, 1.54) is 45.4 Å². The van der Waals surface area contributed by atoms with Gasteiger partial charge in [-0.25, -0.2) is 4.98 Å². The normalized spacial score (nSPS) is 29.1. The van der Waals surface area contributed by atoms with Crippen LogP contribution < -0.4 is 10.2 Å². The molecule has 0 amide bonds. The van der Waals surface area contributed by atoms with Gasteiger partial charge in [-0.05, 0) is 25.8 Å². The Labute approximate surface area is 118 Å². The molecule has 3 aliphatic rings. The van der Waals surface area contributed by atoms with E-state index in [2.05, 4.69) is 19.5 Å². The van der Waals surface area contributed by atoms with Crippen LogP contribution >= 0.6 is 11.5 Å². The molecule has 19 heavy (non-hydrogen) atoms. The van der Waals surface area contributed by atoms with Gasteiger partial charge in [0, 0.05) is 56.2 Å². The molecule has 6 heteroatoms. The fraction of sp³-hybridized carbons (Fsp3) is 0.846. The Kier molecular flexibility index (Phi) is 3.17. The summed E-state index contributed by atoms with van der Waals surface area (Å²) in [6.07, 6.45) is 3.89. The Morgan fingerprint density at radius 1 is 1.11 bits per heavy atom. The van der Waals surface area contributed by atoms with Crippen LogP contribution in [-0.4, -0.2) is 59.6 Å². The van der Waals surface area contributed by atoms with Crippen molar-refractivity contribution in [3.8, 4) is 0 Å². The first-order valence-electron chi connectivity index (χ1n) is 7.43. The Bertz CT molecular complexity index is 430. The molecule has 1 aromatic rings. The van der Waals surface area contributed by atoms with Crippen molar-refractivity contribution in [1.82, 2.24) is 19.6 Å². The van der Waals surface area contributed by atoms with Gasteiger partial charge in [0.2, 0.25) is 5.13 Å². The number of piperazine rings is 1. The lowest BCUT2D eigenvalue weighted by Crippen LogP contribution is -2.51. The molecule has 3 fully saturated rings. The van der Waals surface area contributed by atoms with Gasteiger partial charge in [0.15, 0.2) is 0 Å². The Morgan fingerprint density at radius 2 is 1.95 bits per heavy atom. The number of rotatable bonds is 3. The van der Waals surface area contributed by atoms with Gasteiger partial charge in [-0.2, -0.15) is 4.37 Å². The second-order valence-electron chi connectivity index (χ2n) is 5.88. The lowest BCUT2D eigenvalue weighted by atomic mass is 10.2. The third-order valence-corrected chi connectivity index (χ3v) is 5.30. The number of hydrogen-bond acceptors (Lipinski definition) is 6.